The fourth-order valence-electron chi connectivity index (χ4n) is 3.77. The summed E-state index contributed by atoms with van der Waals surface area (Å²) in [5.74, 6) is 1.54. The number of rotatable bonds is 11. The molecule has 0 spiro atoms. The molecule has 4 rings (SSSR count). The zero-order valence-electron chi connectivity index (χ0n) is 21.4. The molecular formula is C32H30O6. The highest BCUT2D eigenvalue weighted by atomic mass is 16.5. The lowest BCUT2D eigenvalue weighted by Gasteiger charge is -2.15. The lowest BCUT2D eigenvalue weighted by atomic mass is 10.1. The van der Waals surface area contributed by atoms with Crippen molar-refractivity contribution in [3.8, 4) is 23.0 Å². The van der Waals surface area contributed by atoms with Gasteiger partial charge in [0, 0.05) is 30.2 Å². The third-order valence-electron chi connectivity index (χ3n) is 5.72. The highest BCUT2D eigenvalue weighted by Gasteiger charge is 2.15. The normalized spacial score (nSPS) is 11.7. The van der Waals surface area contributed by atoms with Gasteiger partial charge in [0.15, 0.2) is 0 Å². The monoisotopic (exact) mass is 510 g/mol. The van der Waals surface area contributed by atoms with E-state index in [1.807, 2.05) is 78.9 Å². The van der Waals surface area contributed by atoms with Gasteiger partial charge in [-0.25, -0.2) is 0 Å². The highest BCUT2D eigenvalue weighted by Crippen LogP contribution is 2.33. The zero-order valence-corrected chi connectivity index (χ0v) is 21.4. The third-order valence-corrected chi connectivity index (χ3v) is 5.72. The first-order valence-electron chi connectivity index (χ1n) is 12.2. The molecule has 0 radical (unpaired) electrons. The number of hydrogen-bond acceptors (Lipinski definition) is 6. The Bertz CT molecular complexity index is 1370. The van der Waals surface area contributed by atoms with E-state index >= 15 is 0 Å². The van der Waals surface area contributed by atoms with Crippen LogP contribution >= 0.6 is 0 Å². The minimum absolute atomic E-state index is 0.235. The second kappa shape index (κ2) is 13.1. The van der Waals surface area contributed by atoms with Gasteiger partial charge >= 0.3 is 5.97 Å². The van der Waals surface area contributed by atoms with Crippen LogP contribution in [-0.2, 0) is 18.0 Å². The van der Waals surface area contributed by atoms with E-state index in [0.717, 1.165) is 16.7 Å². The standard InChI is InChI=1S/C32H30O6/c1-23(33)38-32-19-27(35-2)16-17-29(32)30(34)18-14-26-13-15-28(36-21-24-9-5-3-6-10-24)20-31(26)37-22-25-11-7-4-8-12-25/h3-20,30,34H,21-22H2,1-2H3. The number of carbonyl (C=O) groups is 1. The van der Waals surface area contributed by atoms with Gasteiger partial charge in [-0.15, -0.1) is 0 Å². The summed E-state index contributed by atoms with van der Waals surface area (Å²) in [6.45, 7) is 2.12. The van der Waals surface area contributed by atoms with Crippen LogP contribution in [0.3, 0.4) is 0 Å². The molecule has 0 amide bonds. The molecule has 4 aromatic rings. The Morgan fingerprint density at radius 1 is 0.789 bits per heavy atom. The lowest BCUT2D eigenvalue weighted by molar-refractivity contribution is -0.131. The maximum atomic E-state index is 11.6. The maximum Gasteiger partial charge on any atom is 0.308 e. The summed E-state index contributed by atoms with van der Waals surface area (Å²) in [5.41, 5.74) is 3.29. The van der Waals surface area contributed by atoms with Crippen molar-refractivity contribution in [1.29, 1.82) is 0 Å². The van der Waals surface area contributed by atoms with Gasteiger partial charge in [0.25, 0.3) is 0 Å². The highest BCUT2D eigenvalue weighted by molar-refractivity contribution is 5.70. The number of methoxy groups -OCH3 is 1. The molecule has 38 heavy (non-hydrogen) atoms. The summed E-state index contributed by atoms with van der Waals surface area (Å²) < 4.78 is 22.7. The van der Waals surface area contributed by atoms with Crippen LogP contribution in [0.4, 0.5) is 0 Å². The predicted molar refractivity (Wildman–Crippen MR) is 146 cm³/mol. The van der Waals surface area contributed by atoms with Crippen molar-refractivity contribution in [3.63, 3.8) is 0 Å². The van der Waals surface area contributed by atoms with Crippen molar-refractivity contribution >= 4 is 12.0 Å². The summed E-state index contributed by atoms with van der Waals surface area (Å²) in [5, 5.41) is 10.9. The molecule has 0 fully saturated rings. The Morgan fingerprint density at radius 2 is 1.39 bits per heavy atom. The zero-order chi connectivity index (χ0) is 26.7. The summed E-state index contributed by atoms with van der Waals surface area (Å²) in [6.07, 6.45) is 2.35. The fraction of sp³-hybridized carbons (Fsp3) is 0.156. The van der Waals surface area contributed by atoms with Crippen LogP contribution in [0, 0.1) is 0 Å². The van der Waals surface area contributed by atoms with Gasteiger partial charge in [0.2, 0.25) is 0 Å². The van der Waals surface area contributed by atoms with Gasteiger partial charge in [0.05, 0.1) is 7.11 Å². The average Bonchev–Trinajstić information content (AvgIpc) is 2.95. The second-order valence-corrected chi connectivity index (χ2v) is 8.55. The van der Waals surface area contributed by atoms with Crippen molar-refractivity contribution in [2.24, 2.45) is 0 Å². The summed E-state index contributed by atoms with van der Waals surface area (Å²) in [4.78, 5) is 11.6. The molecule has 0 aliphatic heterocycles. The SMILES string of the molecule is COc1ccc(C(O)C=Cc2ccc(OCc3ccccc3)cc2OCc2ccccc2)c(OC(C)=O)c1. The van der Waals surface area contributed by atoms with Gasteiger partial charge in [-0.1, -0.05) is 72.8 Å². The molecule has 0 aliphatic rings. The van der Waals surface area contributed by atoms with Crippen LogP contribution in [0.25, 0.3) is 6.08 Å². The third kappa shape index (κ3) is 7.48. The van der Waals surface area contributed by atoms with E-state index in [-0.39, 0.29) is 5.75 Å². The first-order valence-corrected chi connectivity index (χ1v) is 12.2. The lowest BCUT2D eigenvalue weighted by Crippen LogP contribution is -2.06. The molecular weight excluding hydrogens is 480 g/mol. The maximum absolute atomic E-state index is 11.6. The molecule has 6 nitrogen and oxygen atoms in total. The van der Waals surface area contributed by atoms with Crippen LogP contribution in [-0.4, -0.2) is 18.2 Å². The molecule has 0 saturated heterocycles. The molecule has 0 saturated carbocycles. The van der Waals surface area contributed by atoms with E-state index in [4.69, 9.17) is 18.9 Å². The number of esters is 1. The van der Waals surface area contributed by atoms with Crippen molar-refractivity contribution in [1.82, 2.24) is 0 Å². The van der Waals surface area contributed by atoms with Crippen molar-refractivity contribution < 1.29 is 28.8 Å². The van der Waals surface area contributed by atoms with Gasteiger partial charge in [-0.2, -0.15) is 0 Å². The Labute approximate surface area is 222 Å². The van der Waals surface area contributed by atoms with Crippen LogP contribution in [0.1, 0.15) is 35.3 Å². The van der Waals surface area contributed by atoms with E-state index in [9.17, 15) is 9.90 Å². The van der Waals surface area contributed by atoms with Crippen molar-refractivity contribution in [3.05, 3.63) is 125 Å². The fourth-order valence-corrected chi connectivity index (χ4v) is 3.77. The molecule has 0 heterocycles. The Morgan fingerprint density at radius 3 is 2.03 bits per heavy atom. The Kier molecular flexibility index (Phi) is 9.16. The Balaban J connectivity index is 1.57. The summed E-state index contributed by atoms with van der Waals surface area (Å²) in [6, 6.07) is 30.3. The van der Waals surface area contributed by atoms with Gasteiger partial charge in [-0.05, 0) is 35.4 Å². The summed E-state index contributed by atoms with van der Waals surface area (Å²) in [7, 11) is 1.52. The van der Waals surface area contributed by atoms with E-state index in [1.54, 1.807) is 30.4 Å². The minimum atomic E-state index is -1.04. The number of carbonyl (C=O) groups excluding carboxylic acids is 1. The van der Waals surface area contributed by atoms with E-state index in [2.05, 4.69) is 0 Å². The van der Waals surface area contributed by atoms with Crippen LogP contribution in [0.15, 0.2) is 103 Å². The average molecular weight is 511 g/mol. The minimum Gasteiger partial charge on any atom is -0.497 e. The Hall–Kier alpha value is -4.55. The van der Waals surface area contributed by atoms with E-state index in [0.29, 0.717) is 36.0 Å². The molecule has 1 atom stereocenters. The van der Waals surface area contributed by atoms with Crippen molar-refractivity contribution in [2.75, 3.05) is 7.11 Å². The quantitative estimate of drug-likeness (QED) is 0.183. The first-order chi connectivity index (χ1) is 18.5. The number of aliphatic hydroxyl groups is 1. The van der Waals surface area contributed by atoms with Gasteiger partial charge in [0.1, 0.15) is 42.3 Å². The molecule has 0 aliphatic carbocycles. The van der Waals surface area contributed by atoms with Crippen LogP contribution in [0.5, 0.6) is 23.0 Å². The number of ether oxygens (including phenoxy) is 4. The molecule has 194 valence electrons. The predicted octanol–water partition coefficient (Wildman–Crippen LogP) is 6.53. The molecule has 0 bridgehead atoms. The van der Waals surface area contributed by atoms with Gasteiger partial charge < -0.3 is 24.1 Å². The first kappa shape index (κ1) is 26.5. The smallest absolute Gasteiger partial charge is 0.308 e. The largest absolute Gasteiger partial charge is 0.497 e. The molecule has 1 unspecified atom stereocenters. The van der Waals surface area contributed by atoms with Crippen LogP contribution in [0.2, 0.25) is 0 Å². The van der Waals surface area contributed by atoms with Crippen LogP contribution < -0.4 is 18.9 Å². The van der Waals surface area contributed by atoms with Gasteiger partial charge in [-0.3, -0.25) is 4.79 Å². The van der Waals surface area contributed by atoms with E-state index in [1.165, 1.54) is 14.0 Å². The molecule has 4 aromatic carbocycles. The van der Waals surface area contributed by atoms with E-state index < -0.39 is 12.1 Å². The molecule has 0 aromatic heterocycles. The topological polar surface area (TPSA) is 74.2 Å². The van der Waals surface area contributed by atoms with Crippen molar-refractivity contribution in [2.45, 2.75) is 26.2 Å². The summed E-state index contributed by atoms with van der Waals surface area (Å²) >= 11 is 0. The number of aliphatic hydroxyl groups excluding tert-OH is 1. The molecule has 6 heteroatoms. The number of hydrogen-bond donors (Lipinski definition) is 1. The molecule has 1 N–H and O–H groups in total. The number of benzene rings is 4. The second-order valence-electron chi connectivity index (χ2n) is 8.55.